The van der Waals surface area contributed by atoms with Crippen molar-refractivity contribution in [1.29, 1.82) is 0 Å². The molecule has 0 spiro atoms. The number of anilines is 1. The third-order valence-corrected chi connectivity index (χ3v) is 4.82. The van der Waals surface area contributed by atoms with Crippen LogP contribution in [0.5, 0.6) is 0 Å². The Morgan fingerprint density at radius 3 is 2.93 bits per heavy atom. The van der Waals surface area contributed by atoms with Gasteiger partial charge in [0.2, 0.25) is 0 Å². The molecular weight excluding hydrogens is 358 g/mol. The fourth-order valence-corrected chi connectivity index (χ4v) is 3.51. The number of carbonyl (C=O) groups is 1. The van der Waals surface area contributed by atoms with Crippen LogP contribution in [-0.4, -0.2) is 67.3 Å². The fourth-order valence-electron chi connectivity index (χ4n) is 3.51. The highest BCUT2D eigenvalue weighted by Gasteiger charge is 2.53. The highest BCUT2D eigenvalue weighted by Crippen LogP contribution is 2.42. The Hall–Kier alpha value is -2.57. The van der Waals surface area contributed by atoms with Crippen LogP contribution in [-0.2, 0) is 14.4 Å². The van der Waals surface area contributed by atoms with Crippen molar-refractivity contribution in [2.24, 2.45) is 0 Å². The number of aliphatic hydroxyl groups is 3. The molecule has 1 saturated heterocycles. The van der Waals surface area contributed by atoms with Gasteiger partial charge in [0.1, 0.15) is 35.6 Å². The van der Waals surface area contributed by atoms with Gasteiger partial charge in [-0.15, -0.1) is 0 Å². The molecule has 0 aromatic carbocycles. The Balaban J connectivity index is 1.92. The van der Waals surface area contributed by atoms with Crippen molar-refractivity contribution in [1.82, 2.24) is 20.0 Å². The summed E-state index contributed by atoms with van der Waals surface area (Å²) >= 11 is 0. The highest BCUT2D eigenvalue weighted by molar-refractivity contribution is 6.13. The maximum absolute atomic E-state index is 12.1. The van der Waals surface area contributed by atoms with Crippen LogP contribution in [0.1, 0.15) is 18.7 Å². The molecule has 4 heterocycles. The quantitative estimate of drug-likeness (QED) is 0.417. The van der Waals surface area contributed by atoms with Crippen molar-refractivity contribution in [3.05, 3.63) is 24.2 Å². The standard InChI is InChI=1S/C16H19N5O6/c1-16(25)12(24)9(5-22)27-15(16)21-4-7-8(20-26-2)3-10(23)19-13-11(7)14(21)18-6-17-13/h3-4,6,9,12,15,20,22,24-25H,5H2,1-2H3,(H,17,18,19,23)/t9-,12-,15-,16-/m1/s1. The number of carbonyl (C=O) groups excluding carboxylic acids is 1. The largest absolute Gasteiger partial charge is 0.394 e. The average molecular weight is 377 g/mol. The summed E-state index contributed by atoms with van der Waals surface area (Å²) in [7, 11) is 1.41. The molecule has 5 N–H and O–H groups in total. The van der Waals surface area contributed by atoms with Crippen molar-refractivity contribution in [2.45, 2.75) is 31.0 Å². The van der Waals surface area contributed by atoms with E-state index in [-0.39, 0.29) is 0 Å². The van der Waals surface area contributed by atoms with E-state index in [0.717, 1.165) is 0 Å². The fraction of sp³-hybridized carbons (Fsp3) is 0.438. The van der Waals surface area contributed by atoms with E-state index in [0.29, 0.717) is 28.1 Å². The van der Waals surface area contributed by atoms with Gasteiger partial charge in [-0.2, -0.15) is 0 Å². The Kier molecular flexibility index (Phi) is 4.13. The minimum absolute atomic E-state index is 0.291. The number of nitrogens with zero attached hydrogens (tertiary/aromatic N) is 3. The van der Waals surface area contributed by atoms with Crippen LogP contribution in [0.4, 0.5) is 5.82 Å². The lowest BCUT2D eigenvalue weighted by molar-refractivity contribution is -0.111. The van der Waals surface area contributed by atoms with E-state index in [1.54, 1.807) is 6.20 Å². The smallest absolute Gasteiger partial charge is 0.251 e. The number of nitrogens with one attached hydrogen (secondary N) is 2. The summed E-state index contributed by atoms with van der Waals surface area (Å²) in [4.78, 5) is 25.4. The summed E-state index contributed by atoms with van der Waals surface area (Å²) in [6.07, 6.45) is 0.927. The molecule has 4 rings (SSSR count). The van der Waals surface area contributed by atoms with Crippen molar-refractivity contribution >= 4 is 28.5 Å². The van der Waals surface area contributed by atoms with Crippen LogP contribution >= 0.6 is 0 Å². The van der Waals surface area contributed by atoms with Gasteiger partial charge in [0.15, 0.2) is 6.23 Å². The Morgan fingerprint density at radius 1 is 1.48 bits per heavy atom. The van der Waals surface area contributed by atoms with Crippen LogP contribution in [0, 0.1) is 0 Å². The molecule has 2 aliphatic heterocycles. The second-order valence-electron chi connectivity index (χ2n) is 6.60. The number of hydroxylamine groups is 1. The number of aliphatic hydroxyl groups excluding tert-OH is 2. The second kappa shape index (κ2) is 6.25. The van der Waals surface area contributed by atoms with Crippen molar-refractivity contribution in [3.8, 4) is 0 Å². The number of ether oxygens (including phenoxy) is 1. The van der Waals surface area contributed by atoms with Gasteiger partial charge in [0, 0.05) is 17.8 Å². The molecule has 0 bridgehead atoms. The third kappa shape index (κ3) is 2.59. The van der Waals surface area contributed by atoms with Gasteiger partial charge in [-0.3, -0.25) is 15.1 Å². The van der Waals surface area contributed by atoms with Gasteiger partial charge >= 0.3 is 0 Å². The molecule has 2 aromatic heterocycles. The Bertz CT molecular complexity index is 939. The molecule has 0 unspecified atom stereocenters. The zero-order valence-electron chi connectivity index (χ0n) is 14.6. The third-order valence-electron chi connectivity index (χ3n) is 4.82. The summed E-state index contributed by atoms with van der Waals surface area (Å²) in [5, 5.41) is 33.7. The maximum atomic E-state index is 12.1. The minimum atomic E-state index is -1.69. The predicted octanol–water partition coefficient (Wildman–Crippen LogP) is -1.12. The Morgan fingerprint density at radius 2 is 2.26 bits per heavy atom. The van der Waals surface area contributed by atoms with Gasteiger partial charge in [0.05, 0.1) is 24.8 Å². The molecule has 1 fully saturated rings. The summed E-state index contributed by atoms with van der Waals surface area (Å²) in [5.41, 5.74) is 2.24. The van der Waals surface area contributed by atoms with Crippen molar-refractivity contribution in [2.75, 3.05) is 19.0 Å². The van der Waals surface area contributed by atoms with E-state index in [9.17, 15) is 20.1 Å². The number of hydrogen-bond acceptors (Lipinski definition) is 9. The van der Waals surface area contributed by atoms with Gasteiger partial charge in [0.25, 0.3) is 5.91 Å². The second-order valence-corrected chi connectivity index (χ2v) is 6.60. The summed E-state index contributed by atoms with van der Waals surface area (Å²) < 4.78 is 7.23. The zero-order valence-corrected chi connectivity index (χ0v) is 14.6. The summed E-state index contributed by atoms with van der Waals surface area (Å²) in [6, 6.07) is 0. The van der Waals surface area contributed by atoms with Gasteiger partial charge in [-0.1, -0.05) is 0 Å². The van der Waals surface area contributed by atoms with Crippen LogP contribution in [0.25, 0.3) is 16.7 Å². The number of hydrogen-bond donors (Lipinski definition) is 5. The molecule has 11 nitrogen and oxygen atoms in total. The van der Waals surface area contributed by atoms with Crippen LogP contribution in [0.15, 0.2) is 18.6 Å². The van der Waals surface area contributed by atoms with Crippen molar-refractivity contribution < 1.29 is 29.7 Å². The molecule has 0 saturated carbocycles. The number of aromatic nitrogens is 3. The van der Waals surface area contributed by atoms with E-state index in [4.69, 9.17) is 9.57 Å². The van der Waals surface area contributed by atoms with Crippen LogP contribution in [0.2, 0.25) is 0 Å². The highest BCUT2D eigenvalue weighted by atomic mass is 16.6. The number of rotatable bonds is 4. The number of amides is 1. The van der Waals surface area contributed by atoms with Gasteiger partial charge < -0.3 is 29.9 Å². The van der Waals surface area contributed by atoms with E-state index in [2.05, 4.69) is 20.8 Å². The first kappa shape index (κ1) is 17.8. The van der Waals surface area contributed by atoms with E-state index in [1.807, 2.05) is 0 Å². The van der Waals surface area contributed by atoms with E-state index in [1.165, 1.54) is 31.0 Å². The molecule has 0 aliphatic carbocycles. The molecular formula is C16H19N5O6. The molecule has 0 radical (unpaired) electrons. The first-order valence-corrected chi connectivity index (χ1v) is 8.22. The molecule has 27 heavy (non-hydrogen) atoms. The molecule has 144 valence electrons. The minimum Gasteiger partial charge on any atom is -0.394 e. The topological polar surface area (TPSA) is 151 Å². The molecule has 11 heteroatoms. The SMILES string of the molecule is CONC1=CC(=O)Nc2ncnc3c2c1cn3[C@@H]1O[C@H](CO)[C@@H](O)[C@@]1(C)O. The lowest BCUT2D eigenvalue weighted by Crippen LogP contribution is -2.44. The molecule has 2 aliphatic rings. The zero-order chi connectivity index (χ0) is 19.3. The van der Waals surface area contributed by atoms with Gasteiger partial charge in [-0.25, -0.2) is 9.97 Å². The molecule has 4 atom stereocenters. The van der Waals surface area contributed by atoms with Crippen molar-refractivity contribution in [3.63, 3.8) is 0 Å². The van der Waals surface area contributed by atoms with Crippen LogP contribution < -0.4 is 10.8 Å². The first-order chi connectivity index (χ1) is 12.9. The van der Waals surface area contributed by atoms with Crippen LogP contribution in [0.3, 0.4) is 0 Å². The lowest BCUT2D eigenvalue weighted by Gasteiger charge is -2.27. The molecule has 2 aromatic rings. The average Bonchev–Trinajstić information content (AvgIpc) is 3.06. The summed E-state index contributed by atoms with van der Waals surface area (Å²) in [6.45, 7) is 0.968. The summed E-state index contributed by atoms with van der Waals surface area (Å²) in [5.74, 6) is -0.100. The monoisotopic (exact) mass is 377 g/mol. The normalized spacial score (nSPS) is 30.2. The van der Waals surface area contributed by atoms with Gasteiger partial charge in [-0.05, 0) is 6.92 Å². The van der Waals surface area contributed by atoms with E-state index >= 15 is 0 Å². The lowest BCUT2D eigenvalue weighted by atomic mass is 9.96. The molecule has 1 amide bonds. The first-order valence-electron chi connectivity index (χ1n) is 8.22. The van der Waals surface area contributed by atoms with E-state index < -0.39 is 36.6 Å². The maximum Gasteiger partial charge on any atom is 0.251 e. The Labute approximate surface area is 153 Å². The predicted molar refractivity (Wildman–Crippen MR) is 91.9 cm³/mol.